The third-order valence-electron chi connectivity index (χ3n) is 4.50. The minimum Gasteiger partial charge on any atom is -0.382 e. The van der Waals surface area contributed by atoms with Gasteiger partial charge in [0.2, 0.25) is 0 Å². The van der Waals surface area contributed by atoms with Gasteiger partial charge in [0, 0.05) is 17.6 Å². The Morgan fingerprint density at radius 1 is 1.00 bits per heavy atom. The van der Waals surface area contributed by atoms with E-state index in [1.54, 1.807) is 49.5 Å². The molecule has 156 valence electrons. The smallest absolute Gasteiger partial charge is 0.323 e. The maximum atomic E-state index is 13.8. The van der Waals surface area contributed by atoms with Crippen molar-refractivity contribution in [1.82, 2.24) is 14.6 Å². The molecule has 0 saturated carbocycles. The van der Waals surface area contributed by atoms with Crippen molar-refractivity contribution in [2.24, 2.45) is 0 Å². The van der Waals surface area contributed by atoms with Crippen molar-refractivity contribution < 1.29 is 14.0 Å². The maximum absolute atomic E-state index is 13.8. The molecule has 0 bridgehead atoms. The van der Waals surface area contributed by atoms with Crippen LogP contribution in [0.3, 0.4) is 0 Å². The van der Waals surface area contributed by atoms with Crippen LogP contribution in [-0.4, -0.2) is 26.5 Å². The van der Waals surface area contributed by atoms with E-state index in [0.717, 1.165) is 5.56 Å². The first-order valence-corrected chi connectivity index (χ1v) is 9.24. The molecule has 31 heavy (non-hydrogen) atoms. The Kier molecular flexibility index (Phi) is 5.19. The van der Waals surface area contributed by atoms with E-state index in [4.69, 9.17) is 5.73 Å². The number of carbonyl (C=O) groups is 2. The maximum Gasteiger partial charge on any atom is 0.323 e. The van der Waals surface area contributed by atoms with Gasteiger partial charge in [-0.1, -0.05) is 6.07 Å². The van der Waals surface area contributed by atoms with Gasteiger partial charge in [0.15, 0.2) is 5.82 Å². The minimum atomic E-state index is -0.586. The summed E-state index contributed by atoms with van der Waals surface area (Å²) in [5.74, 6) is -0.707. The molecule has 4 rings (SSSR count). The fraction of sp³-hybridized carbons (Fsp3) is 0.0476. The average Bonchev–Trinajstić information content (AvgIpc) is 3.18. The first kappa shape index (κ1) is 19.8. The Labute approximate surface area is 176 Å². The molecule has 2 aromatic carbocycles. The van der Waals surface area contributed by atoms with Crippen LogP contribution in [0.1, 0.15) is 15.9 Å². The largest absolute Gasteiger partial charge is 0.382 e. The zero-order chi connectivity index (χ0) is 22.0. The number of anilines is 4. The van der Waals surface area contributed by atoms with Gasteiger partial charge in [-0.3, -0.25) is 4.79 Å². The first-order valence-electron chi connectivity index (χ1n) is 9.24. The number of nitrogens with one attached hydrogen (secondary N) is 3. The molecule has 10 heteroatoms. The summed E-state index contributed by atoms with van der Waals surface area (Å²) < 4.78 is 15.3. The number of amides is 3. The normalized spacial score (nSPS) is 10.6. The van der Waals surface area contributed by atoms with Crippen LogP contribution in [0.4, 0.5) is 32.1 Å². The highest BCUT2D eigenvalue weighted by atomic mass is 19.1. The van der Waals surface area contributed by atoms with Gasteiger partial charge in [0.1, 0.15) is 17.7 Å². The van der Waals surface area contributed by atoms with Crippen LogP contribution in [0.5, 0.6) is 0 Å². The number of rotatable bonds is 4. The molecule has 0 radical (unpaired) electrons. The topological polar surface area (TPSA) is 126 Å². The highest BCUT2D eigenvalue weighted by Gasteiger charge is 2.15. The Morgan fingerprint density at radius 3 is 2.45 bits per heavy atom. The fourth-order valence-corrected chi connectivity index (χ4v) is 3.02. The van der Waals surface area contributed by atoms with Gasteiger partial charge >= 0.3 is 6.03 Å². The Hall–Kier alpha value is -4.47. The highest BCUT2D eigenvalue weighted by molar-refractivity contribution is 6.10. The van der Waals surface area contributed by atoms with E-state index < -0.39 is 11.8 Å². The zero-order valence-corrected chi connectivity index (χ0v) is 16.4. The number of halogens is 1. The summed E-state index contributed by atoms with van der Waals surface area (Å²) in [6, 6.07) is 11.9. The molecule has 0 atom stereocenters. The number of fused-ring (bicyclic) bond motifs is 1. The van der Waals surface area contributed by atoms with Crippen molar-refractivity contribution >= 4 is 40.3 Å². The predicted octanol–water partition coefficient (Wildman–Crippen LogP) is 3.66. The molecule has 0 aliphatic carbocycles. The third-order valence-corrected chi connectivity index (χ3v) is 4.50. The molecule has 0 aliphatic rings. The monoisotopic (exact) mass is 419 g/mol. The predicted molar refractivity (Wildman–Crippen MR) is 116 cm³/mol. The van der Waals surface area contributed by atoms with Gasteiger partial charge in [0.25, 0.3) is 5.91 Å². The number of nitrogens with zero attached hydrogens (tertiary/aromatic N) is 3. The van der Waals surface area contributed by atoms with E-state index in [1.165, 1.54) is 23.0 Å². The number of nitrogen functional groups attached to an aromatic ring is 1. The first-order chi connectivity index (χ1) is 14.9. The molecule has 9 nitrogen and oxygen atoms in total. The molecule has 0 fully saturated rings. The summed E-state index contributed by atoms with van der Waals surface area (Å²) in [6.45, 7) is 1.80. The summed E-state index contributed by atoms with van der Waals surface area (Å²) in [5.41, 5.74) is 8.48. The Balaban J connectivity index is 1.41. The highest BCUT2D eigenvalue weighted by Crippen LogP contribution is 2.20. The second-order valence-corrected chi connectivity index (χ2v) is 6.76. The molecule has 0 spiro atoms. The molecule has 2 heterocycles. The number of nitrogens with two attached hydrogens (primary N) is 1. The van der Waals surface area contributed by atoms with Crippen LogP contribution in [0.15, 0.2) is 61.1 Å². The van der Waals surface area contributed by atoms with Crippen LogP contribution in [0.25, 0.3) is 5.52 Å². The van der Waals surface area contributed by atoms with Gasteiger partial charge in [-0.25, -0.2) is 18.7 Å². The molecular weight excluding hydrogens is 401 g/mol. The average molecular weight is 419 g/mol. The van der Waals surface area contributed by atoms with E-state index in [0.29, 0.717) is 22.5 Å². The van der Waals surface area contributed by atoms with Crippen molar-refractivity contribution in [2.45, 2.75) is 6.92 Å². The molecule has 4 aromatic rings. The van der Waals surface area contributed by atoms with Gasteiger partial charge in [0.05, 0.1) is 11.3 Å². The molecule has 3 amide bonds. The van der Waals surface area contributed by atoms with Crippen molar-refractivity contribution in [3.63, 3.8) is 0 Å². The summed E-state index contributed by atoms with van der Waals surface area (Å²) in [7, 11) is 0. The lowest BCUT2D eigenvalue weighted by molar-refractivity contribution is 0.102. The van der Waals surface area contributed by atoms with Gasteiger partial charge < -0.3 is 21.7 Å². The quantitative estimate of drug-likeness (QED) is 0.402. The molecular formula is C21H18FN7O2. The number of aryl methyl sites for hydroxylation is 1. The number of carbonyl (C=O) groups excluding carboxylic acids is 2. The molecule has 0 saturated heterocycles. The van der Waals surface area contributed by atoms with Crippen molar-refractivity contribution in [3.05, 3.63) is 78.0 Å². The van der Waals surface area contributed by atoms with Crippen molar-refractivity contribution in [2.75, 3.05) is 21.7 Å². The van der Waals surface area contributed by atoms with E-state index in [2.05, 4.69) is 26.0 Å². The summed E-state index contributed by atoms with van der Waals surface area (Å²) in [4.78, 5) is 28.7. The summed E-state index contributed by atoms with van der Waals surface area (Å²) in [5, 5.41) is 11.8. The number of aromatic nitrogens is 3. The lowest BCUT2D eigenvalue weighted by Crippen LogP contribution is -2.20. The molecule has 2 aromatic heterocycles. The van der Waals surface area contributed by atoms with Crippen LogP contribution in [-0.2, 0) is 0 Å². The second-order valence-electron chi connectivity index (χ2n) is 6.76. The van der Waals surface area contributed by atoms with E-state index in [1.807, 2.05) is 0 Å². The zero-order valence-electron chi connectivity index (χ0n) is 16.4. The molecule has 0 unspecified atom stereocenters. The molecule has 0 aliphatic heterocycles. The van der Waals surface area contributed by atoms with E-state index >= 15 is 0 Å². The van der Waals surface area contributed by atoms with Gasteiger partial charge in [-0.2, -0.15) is 5.10 Å². The third kappa shape index (κ3) is 4.27. The standard InChI is InChI=1S/C21H18FN7O2/c1-12-2-7-16(22)17(10-12)28-21(31)27-14-5-3-13(4-6-14)26-20(30)15-8-9-29-18(15)19(23)24-11-25-29/h2-11H,1H3,(H,26,30)(H2,23,24,25)(H2,27,28,31). The van der Waals surface area contributed by atoms with Crippen molar-refractivity contribution in [1.29, 1.82) is 0 Å². The second kappa shape index (κ2) is 8.11. The SMILES string of the molecule is Cc1ccc(F)c(NC(=O)Nc2ccc(NC(=O)c3ccn4ncnc(N)c34)cc2)c1. The lowest BCUT2D eigenvalue weighted by Gasteiger charge is -2.10. The number of hydrogen-bond donors (Lipinski definition) is 4. The number of urea groups is 1. The van der Waals surface area contributed by atoms with E-state index in [-0.39, 0.29) is 17.4 Å². The van der Waals surface area contributed by atoms with Crippen LogP contribution in [0.2, 0.25) is 0 Å². The van der Waals surface area contributed by atoms with Crippen molar-refractivity contribution in [3.8, 4) is 0 Å². The summed E-state index contributed by atoms with van der Waals surface area (Å²) in [6.07, 6.45) is 2.92. The minimum absolute atomic E-state index is 0.0874. The summed E-state index contributed by atoms with van der Waals surface area (Å²) >= 11 is 0. The number of hydrogen-bond acceptors (Lipinski definition) is 5. The van der Waals surface area contributed by atoms with E-state index in [9.17, 15) is 14.0 Å². The fourth-order valence-electron chi connectivity index (χ4n) is 3.02. The Bertz CT molecular complexity index is 1280. The van der Waals surface area contributed by atoms with Gasteiger partial charge in [-0.15, -0.1) is 0 Å². The van der Waals surface area contributed by atoms with Crippen LogP contribution >= 0.6 is 0 Å². The Morgan fingerprint density at radius 2 is 1.71 bits per heavy atom. The lowest BCUT2D eigenvalue weighted by atomic mass is 10.2. The molecule has 5 N–H and O–H groups in total. The number of benzene rings is 2. The van der Waals surface area contributed by atoms with Crippen LogP contribution in [0, 0.1) is 12.7 Å². The van der Waals surface area contributed by atoms with Crippen LogP contribution < -0.4 is 21.7 Å². The van der Waals surface area contributed by atoms with Gasteiger partial charge in [-0.05, 0) is 55.0 Å².